The van der Waals surface area contributed by atoms with Crippen LogP contribution in [-0.4, -0.2) is 23.5 Å². The van der Waals surface area contributed by atoms with Crippen LogP contribution in [0.1, 0.15) is 22.8 Å². The molecule has 23 heavy (non-hydrogen) atoms. The van der Waals surface area contributed by atoms with E-state index in [0.717, 1.165) is 5.56 Å². The van der Waals surface area contributed by atoms with E-state index in [-0.39, 0.29) is 18.4 Å². The molecule has 0 aliphatic heterocycles. The molecule has 5 heteroatoms. The molecule has 0 aliphatic carbocycles. The second-order valence-electron chi connectivity index (χ2n) is 4.92. The van der Waals surface area contributed by atoms with Gasteiger partial charge in [0, 0.05) is 23.9 Å². The van der Waals surface area contributed by atoms with Gasteiger partial charge in [-0.05, 0) is 42.0 Å². The van der Waals surface area contributed by atoms with E-state index in [1.807, 2.05) is 18.2 Å². The number of aliphatic hydroxyl groups is 1. The predicted octanol–water partition coefficient (Wildman–Crippen LogP) is 2.90. The number of nitrogens with one attached hydrogen (secondary N) is 2. The minimum atomic E-state index is -0.234. The van der Waals surface area contributed by atoms with Crippen LogP contribution in [0.3, 0.4) is 0 Å². The van der Waals surface area contributed by atoms with Gasteiger partial charge in [-0.15, -0.1) is 0 Å². The molecule has 0 unspecified atom stereocenters. The van der Waals surface area contributed by atoms with Gasteiger partial charge >= 0.3 is 0 Å². The molecule has 2 amide bonds. The quantitative estimate of drug-likeness (QED) is 0.794. The second kappa shape index (κ2) is 7.91. The van der Waals surface area contributed by atoms with Crippen LogP contribution in [0.15, 0.2) is 54.6 Å². The second-order valence-corrected chi connectivity index (χ2v) is 4.92. The molecule has 2 aromatic rings. The van der Waals surface area contributed by atoms with Crippen molar-refractivity contribution in [2.75, 3.05) is 17.2 Å². The van der Waals surface area contributed by atoms with Crippen molar-refractivity contribution in [3.63, 3.8) is 0 Å². The number of carbonyl (C=O) groups excluding carboxylic acids is 2. The first-order valence-corrected chi connectivity index (χ1v) is 7.15. The Hall–Kier alpha value is -2.92. The van der Waals surface area contributed by atoms with Gasteiger partial charge in [0.25, 0.3) is 5.91 Å². The molecule has 0 aromatic heterocycles. The van der Waals surface area contributed by atoms with Crippen molar-refractivity contribution < 1.29 is 14.7 Å². The number of benzene rings is 2. The molecule has 0 fully saturated rings. The van der Waals surface area contributed by atoms with Crippen LogP contribution in [0.4, 0.5) is 11.4 Å². The van der Waals surface area contributed by atoms with Crippen LogP contribution >= 0.6 is 0 Å². The number of amides is 2. The van der Waals surface area contributed by atoms with Gasteiger partial charge in [0.1, 0.15) is 0 Å². The van der Waals surface area contributed by atoms with E-state index in [2.05, 4.69) is 10.6 Å². The third kappa shape index (κ3) is 5.09. The standard InChI is InChI=1S/C18H18N2O3/c1-13(22)19-16-9-7-15(8-10-16)18(23)20-17-6-2-4-14(12-17)5-3-11-21/h2-10,12,21H,11H2,1H3,(H,19,22)(H,20,23)/b5-3+. The minimum absolute atomic E-state index is 0.0305. The van der Waals surface area contributed by atoms with E-state index in [0.29, 0.717) is 16.9 Å². The van der Waals surface area contributed by atoms with Gasteiger partial charge in [-0.3, -0.25) is 9.59 Å². The monoisotopic (exact) mass is 310 g/mol. The lowest BCUT2D eigenvalue weighted by molar-refractivity contribution is -0.114. The third-order valence-corrected chi connectivity index (χ3v) is 3.03. The highest BCUT2D eigenvalue weighted by Gasteiger charge is 2.06. The maximum absolute atomic E-state index is 12.2. The Morgan fingerprint density at radius 3 is 2.43 bits per heavy atom. The highest BCUT2D eigenvalue weighted by molar-refractivity contribution is 6.04. The first-order valence-electron chi connectivity index (χ1n) is 7.15. The molecule has 0 bridgehead atoms. The number of carbonyl (C=O) groups is 2. The molecule has 118 valence electrons. The van der Waals surface area contributed by atoms with E-state index in [4.69, 9.17) is 5.11 Å². The molecule has 3 N–H and O–H groups in total. The zero-order chi connectivity index (χ0) is 16.7. The molecular formula is C18H18N2O3. The van der Waals surface area contributed by atoms with Gasteiger partial charge in [-0.2, -0.15) is 0 Å². The van der Waals surface area contributed by atoms with E-state index in [1.165, 1.54) is 6.92 Å². The molecule has 0 spiro atoms. The average molecular weight is 310 g/mol. The summed E-state index contributed by atoms with van der Waals surface area (Å²) >= 11 is 0. The molecular weight excluding hydrogens is 292 g/mol. The highest BCUT2D eigenvalue weighted by Crippen LogP contribution is 2.15. The number of hydrogen-bond acceptors (Lipinski definition) is 3. The predicted molar refractivity (Wildman–Crippen MR) is 91.3 cm³/mol. The van der Waals surface area contributed by atoms with Gasteiger partial charge in [0.2, 0.25) is 5.91 Å². The first kappa shape index (κ1) is 16.5. The van der Waals surface area contributed by atoms with Gasteiger partial charge in [0.05, 0.1) is 6.61 Å². The Kier molecular flexibility index (Phi) is 5.66. The molecule has 2 aromatic carbocycles. The summed E-state index contributed by atoms with van der Waals surface area (Å²) in [4.78, 5) is 23.2. The third-order valence-electron chi connectivity index (χ3n) is 3.03. The van der Waals surface area contributed by atoms with E-state index >= 15 is 0 Å². The lowest BCUT2D eigenvalue weighted by Gasteiger charge is -2.07. The fourth-order valence-corrected chi connectivity index (χ4v) is 2.02. The van der Waals surface area contributed by atoms with Crippen LogP contribution in [0, 0.1) is 0 Å². The maximum Gasteiger partial charge on any atom is 0.255 e. The van der Waals surface area contributed by atoms with Crippen molar-refractivity contribution >= 4 is 29.3 Å². The van der Waals surface area contributed by atoms with Gasteiger partial charge < -0.3 is 15.7 Å². The van der Waals surface area contributed by atoms with Crippen LogP contribution in [0.5, 0.6) is 0 Å². The average Bonchev–Trinajstić information content (AvgIpc) is 2.53. The number of aliphatic hydroxyl groups excluding tert-OH is 1. The summed E-state index contributed by atoms with van der Waals surface area (Å²) in [7, 11) is 0. The summed E-state index contributed by atoms with van der Waals surface area (Å²) in [6, 6.07) is 14.0. The molecule has 0 radical (unpaired) electrons. The van der Waals surface area contributed by atoms with Crippen molar-refractivity contribution in [3.8, 4) is 0 Å². The smallest absolute Gasteiger partial charge is 0.255 e. The Bertz CT molecular complexity index is 721. The van der Waals surface area contributed by atoms with Crippen LogP contribution < -0.4 is 10.6 Å². The van der Waals surface area contributed by atoms with E-state index in [1.54, 1.807) is 42.5 Å². The number of hydrogen-bond donors (Lipinski definition) is 3. The zero-order valence-corrected chi connectivity index (χ0v) is 12.7. The normalized spacial score (nSPS) is 10.5. The Morgan fingerprint density at radius 2 is 1.78 bits per heavy atom. The van der Waals surface area contributed by atoms with Crippen molar-refractivity contribution in [2.24, 2.45) is 0 Å². The zero-order valence-electron chi connectivity index (χ0n) is 12.7. The maximum atomic E-state index is 12.2. The first-order chi connectivity index (χ1) is 11.1. The summed E-state index contributed by atoms with van der Waals surface area (Å²) < 4.78 is 0. The van der Waals surface area contributed by atoms with Crippen molar-refractivity contribution in [2.45, 2.75) is 6.92 Å². The fraction of sp³-hybridized carbons (Fsp3) is 0.111. The van der Waals surface area contributed by atoms with E-state index in [9.17, 15) is 9.59 Å². The largest absolute Gasteiger partial charge is 0.392 e. The Morgan fingerprint density at radius 1 is 1.04 bits per heavy atom. The summed E-state index contributed by atoms with van der Waals surface area (Å²) in [5.41, 5.74) is 2.69. The Labute approximate surface area is 134 Å². The molecule has 0 saturated heterocycles. The van der Waals surface area contributed by atoms with Crippen molar-refractivity contribution in [3.05, 3.63) is 65.7 Å². The molecule has 5 nitrogen and oxygen atoms in total. The topological polar surface area (TPSA) is 78.4 Å². The van der Waals surface area contributed by atoms with Crippen LogP contribution in [0.25, 0.3) is 6.08 Å². The summed E-state index contributed by atoms with van der Waals surface area (Å²) in [5, 5.41) is 14.2. The molecule has 0 saturated carbocycles. The SMILES string of the molecule is CC(=O)Nc1ccc(C(=O)Nc2cccc(/C=C/CO)c2)cc1. The number of rotatable bonds is 5. The van der Waals surface area contributed by atoms with Crippen LogP contribution in [0.2, 0.25) is 0 Å². The van der Waals surface area contributed by atoms with Gasteiger partial charge in [-0.25, -0.2) is 0 Å². The summed E-state index contributed by atoms with van der Waals surface area (Å²) in [6.45, 7) is 1.40. The summed E-state index contributed by atoms with van der Waals surface area (Å²) in [5.74, 6) is -0.391. The fourth-order valence-electron chi connectivity index (χ4n) is 2.02. The van der Waals surface area contributed by atoms with Crippen LogP contribution in [-0.2, 0) is 4.79 Å². The lowest BCUT2D eigenvalue weighted by atomic mass is 10.1. The van der Waals surface area contributed by atoms with Gasteiger partial charge in [0.15, 0.2) is 0 Å². The Balaban J connectivity index is 2.06. The highest BCUT2D eigenvalue weighted by atomic mass is 16.2. The van der Waals surface area contributed by atoms with E-state index < -0.39 is 0 Å². The molecule has 0 heterocycles. The van der Waals surface area contributed by atoms with Gasteiger partial charge in [-0.1, -0.05) is 24.3 Å². The molecule has 0 aliphatic rings. The molecule has 2 rings (SSSR count). The molecule has 0 atom stereocenters. The van der Waals surface area contributed by atoms with Crippen molar-refractivity contribution in [1.29, 1.82) is 0 Å². The number of anilines is 2. The summed E-state index contributed by atoms with van der Waals surface area (Å²) in [6.07, 6.45) is 3.40. The minimum Gasteiger partial charge on any atom is -0.392 e. The lowest BCUT2D eigenvalue weighted by Crippen LogP contribution is -2.12. The van der Waals surface area contributed by atoms with Crippen molar-refractivity contribution in [1.82, 2.24) is 0 Å².